The summed E-state index contributed by atoms with van der Waals surface area (Å²) >= 11 is 0. The normalized spacial score (nSPS) is 11.8. The molecule has 0 radical (unpaired) electrons. The van der Waals surface area contributed by atoms with Crippen LogP contribution in [0.3, 0.4) is 0 Å². The lowest BCUT2D eigenvalue weighted by Gasteiger charge is -2.12. The summed E-state index contributed by atoms with van der Waals surface area (Å²) in [6.45, 7) is 0. The van der Waals surface area contributed by atoms with Crippen molar-refractivity contribution in [3.8, 4) is 62.1 Å². The van der Waals surface area contributed by atoms with Crippen LogP contribution in [0, 0.1) is 0 Å². The van der Waals surface area contributed by atoms with Crippen LogP contribution in [0.15, 0.2) is 249 Å². The van der Waals surface area contributed by atoms with Gasteiger partial charge in [-0.3, -0.25) is 4.57 Å². The van der Waals surface area contributed by atoms with Gasteiger partial charge in [-0.1, -0.05) is 164 Å². The van der Waals surface area contributed by atoms with E-state index in [1.54, 1.807) is 0 Å². The minimum atomic E-state index is 0.642. The Morgan fingerprint density at radius 1 is 0.217 bits per heavy atom. The van der Waals surface area contributed by atoms with Crippen LogP contribution in [0.4, 0.5) is 0 Å². The lowest BCUT2D eigenvalue weighted by atomic mass is 10.0. The van der Waals surface area contributed by atoms with E-state index < -0.39 is 0 Å². The third-order valence-electron chi connectivity index (χ3n) is 13.9. The van der Waals surface area contributed by atoms with Crippen LogP contribution >= 0.6 is 0 Å². The summed E-state index contributed by atoms with van der Waals surface area (Å²) in [5, 5.41) is 7.18. The molecule has 0 atom stereocenters. The van der Waals surface area contributed by atoms with E-state index in [-0.39, 0.29) is 0 Å². The van der Waals surface area contributed by atoms with Crippen LogP contribution in [0.2, 0.25) is 0 Å². The molecule has 69 heavy (non-hydrogen) atoms. The second-order valence-electron chi connectivity index (χ2n) is 17.8. The molecule has 0 amide bonds. The van der Waals surface area contributed by atoms with E-state index >= 15 is 0 Å². The minimum absolute atomic E-state index is 0.642. The van der Waals surface area contributed by atoms with Crippen molar-refractivity contribution in [1.29, 1.82) is 0 Å². The fourth-order valence-corrected chi connectivity index (χ4v) is 10.7. The van der Waals surface area contributed by atoms with Gasteiger partial charge in [-0.05, 0) is 107 Å². The fraction of sp³-hybridized carbons (Fsp3) is 0. The molecule has 10 aromatic carbocycles. The maximum atomic E-state index is 5.25. The van der Waals surface area contributed by atoms with Crippen LogP contribution < -0.4 is 0 Å². The quantitative estimate of drug-likeness (QED) is 0.160. The van der Waals surface area contributed by atoms with Crippen molar-refractivity contribution in [2.45, 2.75) is 0 Å². The average Bonchev–Trinajstić information content (AvgIpc) is 4.06. The van der Waals surface area contributed by atoms with Gasteiger partial charge in [0.2, 0.25) is 5.95 Å². The minimum Gasteiger partial charge on any atom is -0.309 e. The molecule has 0 aliphatic rings. The van der Waals surface area contributed by atoms with E-state index in [2.05, 4.69) is 250 Å². The van der Waals surface area contributed by atoms with Gasteiger partial charge in [-0.15, -0.1) is 0 Å². The first-order chi connectivity index (χ1) is 34.2. The van der Waals surface area contributed by atoms with Gasteiger partial charge in [0, 0.05) is 54.8 Å². The highest BCUT2D eigenvalue weighted by atomic mass is 15.2. The zero-order valence-electron chi connectivity index (χ0n) is 37.4. The smallest absolute Gasteiger partial charge is 0.235 e. The summed E-state index contributed by atoms with van der Waals surface area (Å²) in [6.07, 6.45) is 0. The number of aromatic nitrogens is 5. The molecule has 322 valence electrons. The second-order valence-corrected chi connectivity index (χ2v) is 17.8. The van der Waals surface area contributed by atoms with Crippen molar-refractivity contribution in [3.05, 3.63) is 249 Å². The van der Waals surface area contributed by atoms with Gasteiger partial charge in [-0.25, -0.2) is 9.97 Å². The lowest BCUT2D eigenvalue weighted by molar-refractivity contribution is 0.995. The van der Waals surface area contributed by atoms with Gasteiger partial charge in [0.05, 0.1) is 44.5 Å². The molecule has 0 N–H and O–H groups in total. The Kier molecular flexibility index (Phi) is 8.83. The van der Waals surface area contributed by atoms with E-state index in [9.17, 15) is 0 Å². The summed E-state index contributed by atoms with van der Waals surface area (Å²) in [6, 6.07) is 89.3. The monoisotopic (exact) mass is 879 g/mol. The molecule has 4 aromatic heterocycles. The Balaban J connectivity index is 0.923. The highest BCUT2D eigenvalue weighted by Gasteiger charge is 2.20. The van der Waals surface area contributed by atoms with Crippen molar-refractivity contribution >= 4 is 65.4 Å². The molecule has 14 aromatic rings. The van der Waals surface area contributed by atoms with Gasteiger partial charge < -0.3 is 9.13 Å². The topological polar surface area (TPSA) is 40.6 Å². The Bertz CT molecular complexity index is 4220. The molecular formula is C64H41N5. The molecule has 0 saturated carbocycles. The molecule has 0 aliphatic carbocycles. The number of benzene rings is 10. The zero-order chi connectivity index (χ0) is 45.4. The molecular weight excluding hydrogens is 839 g/mol. The van der Waals surface area contributed by atoms with Crippen LogP contribution in [0.1, 0.15) is 0 Å². The zero-order valence-corrected chi connectivity index (χ0v) is 37.4. The molecule has 5 heteroatoms. The van der Waals surface area contributed by atoms with Gasteiger partial charge in [0.1, 0.15) is 0 Å². The highest BCUT2D eigenvalue weighted by molar-refractivity contribution is 6.14. The third kappa shape index (κ3) is 6.32. The number of rotatable bonds is 7. The molecule has 5 nitrogen and oxygen atoms in total. The highest BCUT2D eigenvalue weighted by Crippen LogP contribution is 2.41. The fourth-order valence-electron chi connectivity index (χ4n) is 10.7. The second kappa shape index (κ2) is 15.7. The molecule has 14 rings (SSSR count). The molecule has 0 unspecified atom stereocenters. The van der Waals surface area contributed by atoms with Crippen molar-refractivity contribution < 1.29 is 0 Å². The standard InChI is InChI=1S/C64H41N5/c1-5-17-42(18-6-1)45-29-33-61-54(37-45)55-40-49(32-36-62(55)67(61)48-23-11-4-12-24-48)68-58-27-15-13-25-50(58)52-38-46(30-34-60(52)68)47-31-35-63-53(39-47)51-26-14-16-28-59(51)69(63)64-65-56(43-19-7-2-8-20-43)41-57(66-64)44-21-9-3-10-22-44/h1-41H. The molecule has 0 saturated heterocycles. The Hall–Kier alpha value is -9.32. The average molecular weight is 880 g/mol. The summed E-state index contributed by atoms with van der Waals surface area (Å²) in [4.78, 5) is 10.5. The SMILES string of the molecule is c1ccc(-c2ccc3c(c2)c2cc(-n4c5ccccc5c5cc(-c6ccc7c(c6)c6ccccc6n7-c6nc(-c7ccccc7)cc(-c7ccccc7)n6)ccc54)ccc2n3-c2ccccc2)cc1. The summed E-state index contributed by atoms with van der Waals surface area (Å²) < 4.78 is 7.05. The number of hydrogen-bond acceptors (Lipinski definition) is 2. The molecule has 0 fully saturated rings. The number of hydrogen-bond donors (Lipinski definition) is 0. The predicted molar refractivity (Wildman–Crippen MR) is 287 cm³/mol. The third-order valence-corrected chi connectivity index (χ3v) is 13.9. The van der Waals surface area contributed by atoms with E-state index in [4.69, 9.17) is 9.97 Å². The van der Waals surface area contributed by atoms with Crippen molar-refractivity contribution in [1.82, 2.24) is 23.7 Å². The first kappa shape index (κ1) is 38.9. The summed E-state index contributed by atoms with van der Waals surface area (Å²) in [5.41, 5.74) is 17.7. The first-order valence-corrected chi connectivity index (χ1v) is 23.5. The maximum absolute atomic E-state index is 5.25. The molecule has 0 spiro atoms. The van der Waals surface area contributed by atoms with Crippen LogP contribution in [-0.4, -0.2) is 23.7 Å². The molecule has 0 aliphatic heterocycles. The Labute approximate surface area is 398 Å². The Morgan fingerprint density at radius 3 is 1.12 bits per heavy atom. The predicted octanol–water partition coefficient (Wildman–Crippen LogP) is 16.4. The molecule has 4 heterocycles. The van der Waals surface area contributed by atoms with Gasteiger partial charge in [-0.2, -0.15) is 0 Å². The van der Waals surface area contributed by atoms with Gasteiger partial charge >= 0.3 is 0 Å². The van der Waals surface area contributed by atoms with E-state index in [1.165, 1.54) is 54.7 Å². The van der Waals surface area contributed by atoms with Crippen LogP contribution in [-0.2, 0) is 0 Å². The number of para-hydroxylation sites is 3. The summed E-state index contributed by atoms with van der Waals surface area (Å²) in [7, 11) is 0. The number of nitrogens with zero attached hydrogens (tertiary/aromatic N) is 5. The van der Waals surface area contributed by atoms with E-state index in [0.717, 1.165) is 66.8 Å². The van der Waals surface area contributed by atoms with Crippen LogP contribution in [0.25, 0.3) is 128 Å². The van der Waals surface area contributed by atoms with Crippen molar-refractivity contribution in [2.75, 3.05) is 0 Å². The Morgan fingerprint density at radius 2 is 0.580 bits per heavy atom. The number of fused-ring (bicyclic) bond motifs is 9. The van der Waals surface area contributed by atoms with Gasteiger partial charge in [0.25, 0.3) is 0 Å². The molecule has 0 bridgehead atoms. The first-order valence-electron chi connectivity index (χ1n) is 23.5. The van der Waals surface area contributed by atoms with E-state index in [0.29, 0.717) is 5.95 Å². The van der Waals surface area contributed by atoms with Gasteiger partial charge in [0.15, 0.2) is 0 Å². The summed E-state index contributed by atoms with van der Waals surface area (Å²) in [5.74, 6) is 0.642. The van der Waals surface area contributed by atoms with Crippen molar-refractivity contribution in [3.63, 3.8) is 0 Å². The maximum Gasteiger partial charge on any atom is 0.235 e. The van der Waals surface area contributed by atoms with Crippen molar-refractivity contribution in [2.24, 2.45) is 0 Å². The lowest BCUT2D eigenvalue weighted by Crippen LogP contribution is -2.03. The van der Waals surface area contributed by atoms with E-state index in [1.807, 2.05) is 12.1 Å². The van der Waals surface area contributed by atoms with Crippen LogP contribution in [0.5, 0.6) is 0 Å². The largest absolute Gasteiger partial charge is 0.309 e.